The fourth-order valence-corrected chi connectivity index (χ4v) is 3.80. The molecule has 0 amide bonds. The Morgan fingerprint density at radius 2 is 1.79 bits per heavy atom. The van der Waals surface area contributed by atoms with Gasteiger partial charge < -0.3 is 9.84 Å². The molecule has 1 unspecified atom stereocenters. The Balaban J connectivity index is 2.51. The third-order valence-corrected chi connectivity index (χ3v) is 6.13. The van der Waals surface area contributed by atoms with Crippen LogP contribution in [-0.4, -0.2) is 43.8 Å². The van der Waals surface area contributed by atoms with Gasteiger partial charge in [0.25, 0.3) is 0 Å². The van der Waals surface area contributed by atoms with Crippen molar-refractivity contribution in [2.45, 2.75) is 70.0 Å². The molecule has 114 valence electrons. The van der Waals surface area contributed by atoms with Crippen LogP contribution in [-0.2, 0) is 14.6 Å². The normalized spacial score (nSPS) is 21.8. The van der Waals surface area contributed by atoms with Gasteiger partial charge in [0, 0.05) is 12.9 Å². The maximum absolute atomic E-state index is 11.4. The van der Waals surface area contributed by atoms with E-state index < -0.39 is 21.5 Å². The van der Waals surface area contributed by atoms with Crippen LogP contribution in [0.5, 0.6) is 0 Å². The highest BCUT2D eigenvalue weighted by molar-refractivity contribution is 7.91. The summed E-state index contributed by atoms with van der Waals surface area (Å²) >= 11 is 0. The van der Waals surface area contributed by atoms with E-state index >= 15 is 0 Å². The number of sulfone groups is 1. The van der Waals surface area contributed by atoms with Crippen LogP contribution in [0.2, 0.25) is 0 Å². The second-order valence-corrected chi connectivity index (χ2v) is 8.05. The van der Waals surface area contributed by atoms with Gasteiger partial charge >= 0.3 is 0 Å². The van der Waals surface area contributed by atoms with Crippen LogP contribution >= 0.6 is 0 Å². The number of hydrogen-bond acceptors (Lipinski definition) is 4. The Morgan fingerprint density at radius 3 is 2.26 bits per heavy atom. The summed E-state index contributed by atoms with van der Waals surface area (Å²) in [6, 6.07) is 0. The zero-order valence-electron chi connectivity index (χ0n) is 12.2. The van der Waals surface area contributed by atoms with Gasteiger partial charge in [-0.1, -0.05) is 32.6 Å². The van der Waals surface area contributed by atoms with Crippen LogP contribution in [0.15, 0.2) is 0 Å². The van der Waals surface area contributed by atoms with E-state index in [2.05, 4.69) is 0 Å². The van der Waals surface area contributed by atoms with Gasteiger partial charge in [0.05, 0.1) is 17.5 Å². The maximum Gasteiger partial charge on any atom is 0.150 e. The van der Waals surface area contributed by atoms with Crippen molar-refractivity contribution in [1.82, 2.24) is 0 Å². The largest absolute Gasteiger partial charge is 0.390 e. The van der Waals surface area contributed by atoms with Gasteiger partial charge in [-0.15, -0.1) is 0 Å². The molecule has 0 radical (unpaired) electrons. The Morgan fingerprint density at radius 1 is 1.21 bits per heavy atom. The molecule has 1 aliphatic rings. The molecule has 1 atom stereocenters. The van der Waals surface area contributed by atoms with Crippen molar-refractivity contribution < 1.29 is 18.3 Å². The predicted octanol–water partition coefficient (Wildman–Crippen LogP) is 2.30. The SMILES string of the molecule is CCS(=O)(=O)CCCC(O)C1(OC)CCCCCC1. The van der Waals surface area contributed by atoms with Crippen molar-refractivity contribution in [2.24, 2.45) is 0 Å². The van der Waals surface area contributed by atoms with Gasteiger partial charge in [-0.25, -0.2) is 8.42 Å². The third-order valence-electron chi connectivity index (χ3n) is 4.34. The summed E-state index contributed by atoms with van der Waals surface area (Å²) in [7, 11) is -1.27. The fraction of sp³-hybridized carbons (Fsp3) is 1.00. The van der Waals surface area contributed by atoms with E-state index in [9.17, 15) is 13.5 Å². The second-order valence-electron chi connectivity index (χ2n) is 5.58. The van der Waals surface area contributed by atoms with E-state index in [4.69, 9.17) is 4.74 Å². The summed E-state index contributed by atoms with van der Waals surface area (Å²) in [5.74, 6) is 0.346. The van der Waals surface area contributed by atoms with Crippen molar-refractivity contribution in [3.05, 3.63) is 0 Å². The van der Waals surface area contributed by atoms with E-state index in [1.807, 2.05) is 0 Å². The van der Waals surface area contributed by atoms with Crippen molar-refractivity contribution >= 4 is 9.84 Å². The van der Waals surface area contributed by atoms with Crippen LogP contribution < -0.4 is 0 Å². The number of rotatable bonds is 7. The summed E-state index contributed by atoms with van der Waals surface area (Å²) < 4.78 is 28.5. The molecule has 1 N–H and O–H groups in total. The molecule has 0 aromatic rings. The first-order valence-electron chi connectivity index (χ1n) is 7.39. The highest BCUT2D eigenvalue weighted by Crippen LogP contribution is 2.34. The molecule has 0 heterocycles. The summed E-state index contributed by atoms with van der Waals surface area (Å²) in [4.78, 5) is 0. The molecule has 0 aromatic heterocycles. The molecule has 1 aliphatic carbocycles. The first-order valence-corrected chi connectivity index (χ1v) is 9.21. The number of aliphatic hydroxyl groups is 1. The zero-order chi connectivity index (χ0) is 14.4. The number of hydrogen-bond donors (Lipinski definition) is 1. The molecule has 0 spiro atoms. The molecule has 1 rings (SSSR count). The average molecular weight is 292 g/mol. The molecule has 0 aliphatic heterocycles. The predicted molar refractivity (Wildman–Crippen MR) is 77.0 cm³/mol. The van der Waals surface area contributed by atoms with Crippen molar-refractivity contribution in [1.29, 1.82) is 0 Å². The van der Waals surface area contributed by atoms with Crippen molar-refractivity contribution in [3.63, 3.8) is 0 Å². The molecule has 1 saturated carbocycles. The third kappa shape index (κ3) is 5.04. The highest BCUT2D eigenvalue weighted by atomic mass is 32.2. The zero-order valence-corrected chi connectivity index (χ0v) is 13.0. The molecule has 0 saturated heterocycles. The Labute approximate surface area is 117 Å². The van der Waals surface area contributed by atoms with Crippen LogP contribution in [0.25, 0.3) is 0 Å². The van der Waals surface area contributed by atoms with Gasteiger partial charge in [-0.05, 0) is 25.7 Å². The van der Waals surface area contributed by atoms with Gasteiger partial charge in [-0.3, -0.25) is 0 Å². The van der Waals surface area contributed by atoms with Crippen molar-refractivity contribution in [3.8, 4) is 0 Å². The van der Waals surface area contributed by atoms with Gasteiger partial charge in [0.2, 0.25) is 0 Å². The van der Waals surface area contributed by atoms with E-state index in [1.54, 1.807) is 14.0 Å². The molecule has 19 heavy (non-hydrogen) atoms. The van der Waals surface area contributed by atoms with Crippen LogP contribution in [0.4, 0.5) is 0 Å². The van der Waals surface area contributed by atoms with Gasteiger partial charge in [0.15, 0.2) is 0 Å². The van der Waals surface area contributed by atoms with Crippen molar-refractivity contribution in [2.75, 3.05) is 18.6 Å². The lowest BCUT2D eigenvalue weighted by atomic mass is 9.86. The van der Waals surface area contributed by atoms with E-state index in [-0.39, 0.29) is 11.5 Å². The second kappa shape index (κ2) is 7.60. The number of ether oxygens (including phenoxy) is 1. The molecule has 0 bridgehead atoms. The Kier molecular flexibility index (Phi) is 6.77. The standard InChI is InChI=1S/C14H28O4S/c1-3-19(16,17)12-8-9-13(15)14(18-2)10-6-4-5-7-11-14/h13,15H,3-12H2,1-2H3. The lowest BCUT2D eigenvalue weighted by Gasteiger charge is -2.36. The minimum Gasteiger partial charge on any atom is -0.390 e. The summed E-state index contributed by atoms with van der Waals surface area (Å²) in [6.45, 7) is 1.66. The van der Waals surface area contributed by atoms with Gasteiger partial charge in [-0.2, -0.15) is 0 Å². The van der Waals surface area contributed by atoms with E-state index in [0.29, 0.717) is 12.8 Å². The minimum atomic E-state index is -2.93. The number of aliphatic hydroxyl groups excluding tert-OH is 1. The molecule has 1 fully saturated rings. The summed E-state index contributed by atoms with van der Waals surface area (Å²) in [5, 5.41) is 10.4. The summed E-state index contributed by atoms with van der Waals surface area (Å²) in [6.07, 6.45) is 6.79. The van der Waals surface area contributed by atoms with Crippen LogP contribution in [0.3, 0.4) is 0 Å². The Hall–Kier alpha value is -0.130. The van der Waals surface area contributed by atoms with Crippen LogP contribution in [0.1, 0.15) is 58.3 Å². The fourth-order valence-electron chi connectivity index (χ4n) is 2.90. The maximum atomic E-state index is 11.4. The monoisotopic (exact) mass is 292 g/mol. The van der Waals surface area contributed by atoms with Crippen LogP contribution in [0, 0.1) is 0 Å². The van der Waals surface area contributed by atoms with E-state index in [1.165, 1.54) is 12.8 Å². The minimum absolute atomic E-state index is 0.167. The smallest absolute Gasteiger partial charge is 0.150 e. The van der Waals surface area contributed by atoms with E-state index in [0.717, 1.165) is 25.7 Å². The highest BCUT2D eigenvalue weighted by Gasteiger charge is 2.37. The molecule has 0 aromatic carbocycles. The molecular formula is C14H28O4S. The lowest BCUT2D eigenvalue weighted by Crippen LogP contribution is -2.44. The first kappa shape index (κ1) is 16.9. The average Bonchev–Trinajstić information content (AvgIpc) is 2.64. The lowest BCUT2D eigenvalue weighted by molar-refractivity contribution is -0.114. The quantitative estimate of drug-likeness (QED) is 0.731. The molecular weight excluding hydrogens is 264 g/mol. The molecule has 4 nitrogen and oxygen atoms in total. The van der Waals surface area contributed by atoms with Gasteiger partial charge in [0.1, 0.15) is 9.84 Å². The molecule has 5 heteroatoms. The topological polar surface area (TPSA) is 63.6 Å². The summed E-state index contributed by atoms with van der Waals surface area (Å²) in [5.41, 5.74) is -0.452. The Bertz CT molecular complexity index is 342. The number of methoxy groups -OCH3 is 1. The first-order chi connectivity index (χ1) is 8.96.